The summed E-state index contributed by atoms with van der Waals surface area (Å²) in [6.07, 6.45) is 1.64. The summed E-state index contributed by atoms with van der Waals surface area (Å²) in [5, 5.41) is 0. The molecular weight excluding hydrogens is 389 g/mol. The Morgan fingerprint density at radius 1 is 0.774 bits per heavy atom. The number of benzene rings is 3. The van der Waals surface area contributed by atoms with Gasteiger partial charge in [-0.3, -0.25) is 0 Å². The summed E-state index contributed by atoms with van der Waals surface area (Å²) >= 11 is 0. The monoisotopic (exact) mass is 409 g/mol. The van der Waals surface area contributed by atoms with Crippen molar-refractivity contribution in [2.24, 2.45) is 0 Å². The van der Waals surface area contributed by atoms with E-state index in [-0.39, 0.29) is 11.7 Å². The summed E-state index contributed by atoms with van der Waals surface area (Å²) in [6.45, 7) is 1.38. The molecule has 0 aliphatic heterocycles. The summed E-state index contributed by atoms with van der Waals surface area (Å²) in [6, 6.07) is 29.1. The van der Waals surface area contributed by atoms with E-state index in [0.29, 0.717) is 29.9 Å². The van der Waals surface area contributed by atoms with Crippen LogP contribution in [0.5, 0.6) is 0 Å². The van der Waals surface area contributed by atoms with Crippen LogP contribution < -0.4 is 4.90 Å². The molecule has 2 heterocycles. The maximum atomic E-state index is 14.8. The summed E-state index contributed by atoms with van der Waals surface area (Å²) < 4.78 is 20.5. The van der Waals surface area contributed by atoms with Crippen molar-refractivity contribution in [1.82, 2.24) is 9.97 Å². The maximum absolute atomic E-state index is 14.8. The van der Waals surface area contributed by atoms with Gasteiger partial charge >= 0.3 is 0 Å². The Kier molecular flexibility index (Phi) is 5.15. The fourth-order valence-corrected chi connectivity index (χ4v) is 3.60. The molecule has 0 saturated heterocycles. The van der Waals surface area contributed by atoms with Gasteiger partial charge in [0.2, 0.25) is 5.89 Å². The first-order chi connectivity index (χ1) is 15.3. The minimum atomic E-state index is -0.380. The third-order valence-corrected chi connectivity index (χ3v) is 5.14. The van der Waals surface area contributed by atoms with E-state index in [0.717, 1.165) is 5.69 Å². The zero-order valence-corrected chi connectivity index (χ0v) is 16.8. The van der Waals surface area contributed by atoms with Gasteiger partial charge in [0.05, 0.1) is 5.56 Å². The molecule has 2 aromatic heterocycles. The summed E-state index contributed by atoms with van der Waals surface area (Å²) in [7, 11) is 0. The van der Waals surface area contributed by atoms with Crippen molar-refractivity contribution < 1.29 is 8.81 Å². The van der Waals surface area contributed by atoms with Gasteiger partial charge in [0.25, 0.3) is 0 Å². The largest absolute Gasteiger partial charge is 0.434 e. The highest BCUT2D eigenvalue weighted by Gasteiger charge is 2.17. The lowest BCUT2D eigenvalue weighted by Gasteiger charge is -2.26. The Balaban J connectivity index is 1.54. The predicted octanol–water partition coefficient (Wildman–Crippen LogP) is 6.24. The van der Waals surface area contributed by atoms with Crippen molar-refractivity contribution in [3.05, 3.63) is 114 Å². The molecule has 0 amide bonds. The molecule has 0 aliphatic carbocycles. The minimum Gasteiger partial charge on any atom is -0.434 e. The molecule has 0 bridgehead atoms. The fourth-order valence-electron chi connectivity index (χ4n) is 3.60. The van der Waals surface area contributed by atoms with Crippen LogP contribution in [0.25, 0.3) is 22.7 Å². The third kappa shape index (κ3) is 4.16. The van der Waals surface area contributed by atoms with Crippen LogP contribution in [0.4, 0.5) is 10.1 Å². The number of fused-ring (bicyclic) bond motifs is 1. The lowest BCUT2D eigenvalue weighted by molar-refractivity contribution is 0.593. The Hall–Kier alpha value is -3.99. The van der Waals surface area contributed by atoms with E-state index in [1.54, 1.807) is 30.5 Å². The predicted molar refractivity (Wildman–Crippen MR) is 120 cm³/mol. The number of anilines is 1. The summed E-state index contributed by atoms with van der Waals surface area (Å²) in [5.74, 6) is -0.151. The Morgan fingerprint density at radius 2 is 1.45 bits per heavy atom. The van der Waals surface area contributed by atoms with Crippen LogP contribution in [0, 0.1) is 5.82 Å². The zero-order valence-electron chi connectivity index (χ0n) is 16.8. The number of aromatic nitrogens is 2. The van der Waals surface area contributed by atoms with E-state index in [1.165, 1.54) is 17.2 Å². The molecule has 0 aliphatic rings. The van der Waals surface area contributed by atoms with E-state index in [4.69, 9.17) is 4.42 Å². The van der Waals surface area contributed by atoms with Gasteiger partial charge in [-0.2, -0.15) is 4.98 Å². The van der Waals surface area contributed by atoms with Gasteiger partial charge in [-0.05, 0) is 41.5 Å². The van der Waals surface area contributed by atoms with Crippen LogP contribution in [-0.2, 0) is 13.1 Å². The van der Waals surface area contributed by atoms with Crippen molar-refractivity contribution in [1.29, 1.82) is 0 Å². The summed E-state index contributed by atoms with van der Waals surface area (Å²) in [4.78, 5) is 10.8. The van der Waals surface area contributed by atoms with E-state index in [1.807, 2.05) is 36.4 Å². The second kappa shape index (κ2) is 8.40. The lowest BCUT2D eigenvalue weighted by Crippen LogP contribution is -2.22. The minimum absolute atomic E-state index is 0.229. The van der Waals surface area contributed by atoms with Gasteiger partial charge in [-0.1, -0.05) is 60.7 Å². The van der Waals surface area contributed by atoms with E-state index >= 15 is 0 Å². The van der Waals surface area contributed by atoms with Crippen LogP contribution in [0.2, 0.25) is 0 Å². The molecule has 0 N–H and O–H groups in total. The van der Waals surface area contributed by atoms with Crippen LogP contribution in [-0.4, -0.2) is 9.97 Å². The number of rotatable bonds is 6. The third-order valence-electron chi connectivity index (χ3n) is 5.14. The second-order valence-corrected chi connectivity index (χ2v) is 7.34. The molecule has 0 saturated carbocycles. The molecule has 0 spiro atoms. The molecule has 0 fully saturated rings. The van der Waals surface area contributed by atoms with Crippen LogP contribution in [0.1, 0.15) is 11.1 Å². The molecule has 152 valence electrons. The molecule has 4 nitrogen and oxygen atoms in total. The molecule has 31 heavy (non-hydrogen) atoms. The van der Waals surface area contributed by atoms with Crippen molar-refractivity contribution in [2.75, 3.05) is 4.90 Å². The standard InChI is InChI=1S/C26H20FN3O/c27-23-14-13-21(16-22(23)26-29-25-24(31-26)12-7-15-28-25)30(17-19-8-3-1-4-9-19)18-20-10-5-2-6-11-20/h1-16H,17-18H2. The van der Waals surface area contributed by atoms with E-state index in [2.05, 4.69) is 39.1 Å². The number of oxazole rings is 1. The normalized spacial score (nSPS) is 11.0. The Bertz CT molecular complexity index is 1230. The highest BCUT2D eigenvalue weighted by atomic mass is 19.1. The van der Waals surface area contributed by atoms with Gasteiger partial charge in [0.15, 0.2) is 11.2 Å². The average Bonchev–Trinajstić information content (AvgIpc) is 3.24. The van der Waals surface area contributed by atoms with E-state index < -0.39 is 0 Å². The number of nitrogens with zero attached hydrogens (tertiary/aromatic N) is 3. The number of hydrogen-bond acceptors (Lipinski definition) is 4. The van der Waals surface area contributed by atoms with Crippen LogP contribution in [0.3, 0.4) is 0 Å². The molecule has 0 unspecified atom stereocenters. The molecular formula is C26H20FN3O. The van der Waals surface area contributed by atoms with Crippen molar-refractivity contribution >= 4 is 16.9 Å². The Labute approximate surface area is 179 Å². The first-order valence-corrected chi connectivity index (χ1v) is 10.1. The highest BCUT2D eigenvalue weighted by Crippen LogP contribution is 2.30. The molecule has 0 radical (unpaired) electrons. The number of hydrogen-bond donors (Lipinski definition) is 0. The average molecular weight is 409 g/mol. The zero-order chi connectivity index (χ0) is 21.0. The smallest absolute Gasteiger partial charge is 0.231 e. The van der Waals surface area contributed by atoms with E-state index in [9.17, 15) is 4.39 Å². The van der Waals surface area contributed by atoms with Crippen molar-refractivity contribution in [3.8, 4) is 11.5 Å². The topological polar surface area (TPSA) is 42.2 Å². The lowest BCUT2D eigenvalue weighted by atomic mass is 10.1. The van der Waals surface area contributed by atoms with Gasteiger partial charge in [0.1, 0.15) is 5.82 Å². The Morgan fingerprint density at radius 3 is 2.10 bits per heavy atom. The number of pyridine rings is 1. The van der Waals surface area contributed by atoms with Crippen LogP contribution in [0.15, 0.2) is 102 Å². The maximum Gasteiger partial charge on any atom is 0.231 e. The number of halogens is 1. The van der Waals surface area contributed by atoms with Crippen molar-refractivity contribution in [3.63, 3.8) is 0 Å². The van der Waals surface area contributed by atoms with Gasteiger partial charge in [-0.25, -0.2) is 9.37 Å². The first kappa shape index (κ1) is 19.0. The van der Waals surface area contributed by atoms with Crippen molar-refractivity contribution in [2.45, 2.75) is 13.1 Å². The van der Waals surface area contributed by atoms with Gasteiger partial charge in [-0.15, -0.1) is 0 Å². The van der Waals surface area contributed by atoms with Gasteiger partial charge < -0.3 is 9.32 Å². The molecule has 5 aromatic rings. The first-order valence-electron chi connectivity index (χ1n) is 10.1. The fraction of sp³-hybridized carbons (Fsp3) is 0.0769. The molecule has 5 rings (SSSR count). The second-order valence-electron chi connectivity index (χ2n) is 7.34. The van der Waals surface area contributed by atoms with Crippen LogP contribution >= 0.6 is 0 Å². The SMILES string of the molecule is Fc1ccc(N(Cc2ccccc2)Cc2ccccc2)cc1-c1nc2ncccc2o1. The highest BCUT2D eigenvalue weighted by molar-refractivity contribution is 5.73. The quantitative estimate of drug-likeness (QED) is 0.333. The van der Waals surface area contributed by atoms with Gasteiger partial charge in [0, 0.05) is 25.0 Å². The molecule has 0 atom stereocenters. The molecule has 3 aromatic carbocycles. The summed E-state index contributed by atoms with van der Waals surface area (Å²) in [5.41, 5.74) is 4.56. The molecule has 5 heteroatoms.